The highest BCUT2D eigenvalue weighted by Crippen LogP contribution is 2.40. The van der Waals surface area contributed by atoms with Crippen molar-refractivity contribution in [2.75, 3.05) is 30.5 Å². The van der Waals surface area contributed by atoms with Gasteiger partial charge in [-0.1, -0.05) is 12.1 Å². The van der Waals surface area contributed by atoms with Crippen molar-refractivity contribution in [1.29, 1.82) is 0 Å². The second-order valence-electron chi connectivity index (χ2n) is 15.2. The highest BCUT2D eigenvalue weighted by atomic mass is 16.2. The first-order valence-corrected chi connectivity index (χ1v) is 19.4. The zero-order valence-electron chi connectivity index (χ0n) is 33.6. The molecule has 4 atom stereocenters. The number of nitrogens with one attached hydrogen (secondary N) is 4. The fourth-order valence-electron chi connectivity index (χ4n) is 8.32. The van der Waals surface area contributed by atoms with Crippen molar-refractivity contribution in [2.24, 2.45) is 0 Å². The Labute approximate surface area is 336 Å². The van der Waals surface area contributed by atoms with Gasteiger partial charge < -0.3 is 26.2 Å². The summed E-state index contributed by atoms with van der Waals surface area (Å²) >= 11 is 0. The van der Waals surface area contributed by atoms with Gasteiger partial charge >= 0.3 is 0 Å². The van der Waals surface area contributed by atoms with E-state index in [1.807, 2.05) is 84.1 Å². The van der Waals surface area contributed by atoms with Gasteiger partial charge in [0.15, 0.2) is 0 Å². The quantitative estimate of drug-likeness (QED) is 0.169. The molecule has 2 fully saturated rings. The molecule has 2 aromatic carbocycles. The van der Waals surface area contributed by atoms with Gasteiger partial charge in [-0.2, -0.15) is 0 Å². The number of fused-ring (bicyclic) bond motifs is 2. The lowest BCUT2D eigenvalue weighted by molar-refractivity contribution is -0.138. The molecule has 6 amide bonds. The van der Waals surface area contributed by atoms with Crippen LogP contribution in [0.25, 0.3) is 22.5 Å². The summed E-state index contributed by atoms with van der Waals surface area (Å²) in [5, 5.41) is 10.9. The van der Waals surface area contributed by atoms with Crippen molar-refractivity contribution in [3.05, 3.63) is 87.5 Å². The van der Waals surface area contributed by atoms with E-state index in [-0.39, 0.29) is 48.6 Å². The van der Waals surface area contributed by atoms with Gasteiger partial charge in [0, 0.05) is 60.4 Å². The fourth-order valence-corrected chi connectivity index (χ4v) is 8.32. The standard InChI is InChI=1S/C22H24N4O3.C21H23N5O3/c1-11-9-17(24-20(23-4)12(11)2)14-5-6-15-16(10-14)13(3)26(22(15)29)18-7-8-19(27)25-21(18)28;1-10-15(22)9-16(24-19(10)23-3)12-4-5-13-14(8-12)11(2)26(21(13)29)17-6-7-18(27)25-20(17)28/h5-6,9-10,13,18H,7-8H2,1-4H3,(H,23,24)(H,25,27,28);4-5,8-9,11,17H,6-7H2,1-3H3,(H3,22,23,24)(H,25,27,28)/t13-,18?;11-,17?/m10/s1. The summed E-state index contributed by atoms with van der Waals surface area (Å²) in [5.41, 5.74) is 16.1. The number of nitrogens with zero attached hydrogens (tertiary/aromatic N) is 4. The smallest absolute Gasteiger partial charge is 0.255 e. The zero-order valence-corrected chi connectivity index (χ0v) is 33.6. The molecule has 0 bridgehead atoms. The van der Waals surface area contributed by atoms with Crippen LogP contribution >= 0.6 is 0 Å². The van der Waals surface area contributed by atoms with Gasteiger partial charge in [0.1, 0.15) is 23.7 Å². The van der Waals surface area contributed by atoms with Crippen LogP contribution in [0.1, 0.15) is 100 Å². The van der Waals surface area contributed by atoms with Crippen molar-refractivity contribution in [2.45, 2.75) is 84.5 Å². The van der Waals surface area contributed by atoms with Gasteiger partial charge in [0.2, 0.25) is 23.6 Å². The lowest BCUT2D eigenvalue weighted by atomic mass is 9.98. The molecule has 0 radical (unpaired) electrons. The second kappa shape index (κ2) is 15.4. The van der Waals surface area contributed by atoms with Crippen LogP contribution in [0, 0.1) is 20.8 Å². The summed E-state index contributed by atoms with van der Waals surface area (Å²) in [7, 11) is 3.64. The number of nitrogens with two attached hydrogens (primary N) is 1. The van der Waals surface area contributed by atoms with Gasteiger partial charge in [0.25, 0.3) is 11.8 Å². The Morgan fingerprint density at radius 2 is 1.07 bits per heavy atom. The normalized spacial score (nSPS) is 21.2. The maximum absolute atomic E-state index is 13.0. The van der Waals surface area contributed by atoms with E-state index in [4.69, 9.17) is 10.7 Å². The number of amides is 6. The monoisotopic (exact) mass is 785 g/mol. The Bertz CT molecular complexity index is 2260. The Balaban J connectivity index is 0.000000177. The number of carbonyl (C=O) groups is 6. The molecule has 2 aromatic heterocycles. The summed E-state index contributed by atoms with van der Waals surface area (Å²) in [6, 6.07) is 13.3. The molecule has 2 saturated heterocycles. The van der Waals surface area contributed by atoms with Crippen molar-refractivity contribution in [1.82, 2.24) is 30.4 Å². The molecule has 300 valence electrons. The minimum atomic E-state index is -0.643. The zero-order chi connectivity index (χ0) is 41.7. The molecule has 4 aromatic rings. The number of anilines is 3. The van der Waals surface area contributed by atoms with Crippen molar-refractivity contribution < 1.29 is 28.8 Å². The van der Waals surface area contributed by atoms with E-state index in [0.717, 1.165) is 50.5 Å². The average molecular weight is 786 g/mol. The summed E-state index contributed by atoms with van der Waals surface area (Å²) in [4.78, 5) is 86.1. The third kappa shape index (κ3) is 6.90. The first-order chi connectivity index (χ1) is 27.6. The largest absolute Gasteiger partial charge is 0.398 e. The maximum atomic E-state index is 13.0. The molecular weight excluding hydrogens is 739 g/mol. The lowest BCUT2D eigenvalue weighted by Crippen LogP contribution is -2.53. The predicted molar refractivity (Wildman–Crippen MR) is 219 cm³/mol. The molecule has 58 heavy (non-hydrogen) atoms. The first kappa shape index (κ1) is 39.6. The molecule has 0 aliphatic carbocycles. The number of carbonyl (C=O) groups excluding carboxylic acids is 6. The molecule has 0 saturated carbocycles. The van der Waals surface area contributed by atoms with Gasteiger partial charge in [-0.3, -0.25) is 39.4 Å². The molecule has 4 aliphatic heterocycles. The molecule has 0 spiro atoms. The molecular formula is C43H47N9O6. The van der Waals surface area contributed by atoms with Gasteiger partial charge in [0.05, 0.1) is 23.5 Å². The van der Waals surface area contributed by atoms with Crippen LogP contribution in [0.2, 0.25) is 0 Å². The number of piperidine rings is 2. The molecule has 6 N–H and O–H groups in total. The van der Waals surface area contributed by atoms with Gasteiger partial charge in [-0.05, 0) is 106 Å². The number of pyridine rings is 2. The molecule has 2 unspecified atom stereocenters. The predicted octanol–water partition coefficient (Wildman–Crippen LogP) is 4.73. The van der Waals surface area contributed by atoms with E-state index >= 15 is 0 Å². The summed E-state index contributed by atoms with van der Waals surface area (Å²) in [6.45, 7) is 9.79. The number of aryl methyl sites for hydroxylation is 1. The second-order valence-corrected chi connectivity index (χ2v) is 15.2. The van der Waals surface area contributed by atoms with E-state index in [1.54, 1.807) is 22.9 Å². The number of hydrogen-bond donors (Lipinski definition) is 5. The molecule has 15 heteroatoms. The summed E-state index contributed by atoms with van der Waals surface area (Å²) in [6.07, 6.45) is 1.16. The van der Waals surface area contributed by atoms with Crippen molar-refractivity contribution in [3.63, 3.8) is 0 Å². The van der Waals surface area contributed by atoms with Gasteiger partial charge in [-0.25, -0.2) is 9.97 Å². The molecule has 8 rings (SSSR count). The Morgan fingerprint density at radius 1 is 0.638 bits per heavy atom. The summed E-state index contributed by atoms with van der Waals surface area (Å²) < 4.78 is 0. The Kier molecular flexibility index (Phi) is 10.5. The number of imide groups is 2. The average Bonchev–Trinajstić information content (AvgIpc) is 3.60. The Morgan fingerprint density at radius 3 is 1.50 bits per heavy atom. The highest BCUT2D eigenvalue weighted by molar-refractivity contribution is 6.07. The maximum Gasteiger partial charge on any atom is 0.255 e. The number of rotatable bonds is 6. The van der Waals surface area contributed by atoms with Crippen LogP contribution in [0.15, 0.2) is 48.5 Å². The van der Waals surface area contributed by atoms with Crippen LogP contribution in [0.3, 0.4) is 0 Å². The fraction of sp³-hybridized carbons (Fsp3) is 0.349. The van der Waals surface area contributed by atoms with Crippen LogP contribution in [0.4, 0.5) is 17.3 Å². The number of hydrogen-bond acceptors (Lipinski definition) is 11. The van der Waals surface area contributed by atoms with E-state index in [9.17, 15) is 28.8 Å². The number of nitrogen functional groups attached to an aromatic ring is 1. The SMILES string of the molecule is CNc1nc(-c2ccc3c(c2)[C@@H](C)N(C2CCC(=O)NC2=O)C3=O)cc(C)c1C.CNc1nc(-c2ccc3c(c2)[C@H](C)N(C2CCC(=O)NC2=O)C3=O)cc(N)c1C. The van der Waals surface area contributed by atoms with Crippen LogP contribution in [-0.2, 0) is 19.2 Å². The van der Waals surface area contributed by atoms with Gasteiger partial charge in [-0.15, -0.1) is 0 Å². The molecule has 6 heterocycles. The third-order valence-corrected chi connectivity index (χ3v) is 11.8. The number of aromatic nitrogens is 2. The van der Waals surface area contributed by atoms with Crippen LogP contribution in [-0.4, -0.2) is 81.4 Å². The third-order valence-electron chi connectivity index (χ3n) is 11.8. The van der Waals surface area contributed by atoms with Crippen molar-refractivity contribution in [3.8, 4) is 22.5 Å². The number of benzene rings is 2. The first-order valence-electron chi connectivity index (χ1n) is 19.4. The van der Waals surface area contributed by atoms with Crippen LogP contribution in [0.5, 0.6) is 0 Å². The van der Waals surface area contributed by atoms with E-state index < -0.39 is 23.9 Å². The lowest BCUT2D eigenvalue weighted by Gasteiger charge is -2.32. The van der Waals surface area contributed by atoms with Crippen molar-refractivity contribution >= 4 is 52.8 Å². The van der Waals surface area contributed by atoms with E-state index in [0.29, 0.717) is 41.2 Å². The highest BCUT2D eigenvalue weighted by Gasteiger charge is 2.44. The molecule has 4 aliphatic rings. The summed E-state index contributed by atoms with van der Waals surface area (Å²) in [5.74, 6) is -0.228. The van der Waals surface area contributed by atoms with E-state index in [2.05, 4.69) is 26.3 Å². The topological polar surface area (TPSA) is 209 Å². The van der Waals surface area contributed by atoms with Crippen LogP contribution < -0.4 is 27.0 Å². The minimum Gasteiger partial charge on any atom is -0.398 e. The van der Waals surface area contributed by atoms with E-state index in [1.165, 1.54) is 0 Å². The Hall–Kier alpha value is -6.64. The minimum absolute atomic E-state index is 0.169. The molecule has 15 nitrogen and oxygen atoms in total.